The molecule has 0 unspecified atom stereocenters. The summed E-state index contributed by atoms with van der Waals surface area (Å²) < 4.78 is 0. The number of benzene rings is 2. The van der Waals surface area contributed by atoms with Gasteiger partial charge in [-0.3, -0.25) is 4.79 Å². The van der Waals surface area contributed by atoms with Crippen molar-refractivity contribution in [3.05, 3.63) is 48.0 Å². The number of nitrogens with one attached hydrogen (secondary N) is 2. The van der Waals surface area contributed by atoms with Gasteiger partial charge in [0, 0.05) is 30.4 Å². The Morgan fingerprint density at radius 3 is 2.62 bits per heavy atom. The van der Waals surface area contributed by atoms with Gasteiger partial charge < -0.3 is 20.6 Å². The van der Waals surface area contributed by atoms with E-state index in [1.165, 1.54) is 0 Å². The van der Waals surface area contributed by atoms with Crippen LogP contribution < -0.4 is 10.6 Å². The molecule has 0 aliphatic carbocycles. The number of fused-ring (bicyclic) bond motifs is 2. The number of carbonyl (C=O) groups is 1. The average molecular weight is 352 g/mol. The van der Waals surface area contributed by atoms with Gasteiger partial charge in [0.25, 0.3) is 5.91 Å². The van der Waals surface area contributed by atoms with E-state index >= 15 is 0 Å². The quantitative estimate of drug-likeness (QED) is 0.568. The summed E-state index contributed by atoms with van der Waals surface area (Å²) in [6, 6.07) is 13.4. The molecule has 1 amide bonds. The smallest absolute Gasteiger partial charge is 0.253 e. The van der Waals surface area contributed by atoms with Crippen LogP contribution in [0.2, 0.25) is 0 Å². The van der Waals surface area contributed by atoms with Crippen LogP contribution in [0.1, 0.15) is 10.4 Å². The molecular weight excluding hydrogens is 328 g/mol. The summed E-state index contributed by atoms with van der Waals surface area (Å²) in [7, 11) is 3.94. The van der Waals surface area contributed by atoms with Crippen molar-refractivity contribution in [3.63, 3.8) is 0 Å². The van der Waals surface area contributed by atoms with Crippen LogP contribution in [0, 0.1) is 0 Å². The molecule has 1 aromatic heterocycles. The van der Waals surface area contributed by atoms with Crippen molar-refractivity contribution < 1.29 is 9.90 Å². The van der Waals surface area contributed by atoms with E-state index in [0.29, 0.717) is 24.2 Å². The average Bonchev–Trinajstić information content (AvgIpc) is 2.64. The predicted molar refractivity (Wildman–Crippen MR) is 106 cm³/mol. The number of para-hydroxylation sites is 2. The van der Waals surface area contributed by atoms with Gasteiger partial charge in [-0.05, 0) is 26.2 Å². The zero-order valence-corrected chi connectivity index (χ0v) is 15.1. The van der Waals surface area contributed by atoms with E-state index in [-0.39, 0.29) is 12.5 Å². The molecule has 0 fully saturated rings. The second kappa shape index (κ2) is 8.12. The molecule has 6 nitrogen and oxygen atoms in total. The lowest BCUT2D eigenvalue weighted by Gasteiger charge is -2.15. The van der Waals surface area contributed by atoms with Crippen LogP contribution in [0.4, 0.5) is 5.69 Å². The van der Waals surface area contributed by atoms with Crippen LogP contribution in [0.3, 0.4) is 0 Å². The molecule has 0 saturated heterocycles. The second-order valence-corrected chi connectivity index (χ2v) is 6.42. The maximum atomic E-state index is 12.7. The number of aliphatic hydroxyl groups is 1. The largest absolute Gasteiger partial charge is 0.395 e. The molecule has 0 bridgehead atoms. The zero-order valence-electron chi connectivity index (χ0n) is 15.1. The lowest BCUT2D eigenvalue weighted by molar-refractivity contribution is 0.0952. The third-order valence-electron chi connectivity index (χ3n) is 4.21. The SMILES string of the molecule is CN(C)CCNC(=O)c1cccc2c(NCCO)c3ccccc3nc12. The first-order chi connectivity index (χ1) is 12.6. The van der Waals surface area contributed by atoms with Crippen molar-refractivity contribution in [2.45, 2.75) is 0 Å². The summed E-state index contributed by atoms with van der Waals surface area (Å²) in [6.07, 6.45) is 0. The number of aliphatic hydroxyl groups excluding tert-OH is 1. The highest BCUT2D eigenvalue weighted by atomic mass is 16.3. The third-order valence-corrected chi connectivity index (χ3v) is 4.21. The Morgan fingerprint density at radius 1 is 1.08 bits per heavy atom. The fourth-order valence-electron chi connectivity index (χ4n) is 2.96. The van der Waals surface area contributed by atoms with E-state index in [1.807, 2.05) is 55.4 Å². The number of carbonyl (C=O) groups excluding carboxylic acids is 1. The van der Waals surface area contributed by atoms with Crippen LogP contribution in [0.25, 0.3) is 21.8 Å². The second-order valence-electron chi connectivity index (χ2n) is 6.42. The normalized spacial score (nSPS) is 11.2. The minimum atomic E-state index is -0.131. The molecule has 136 valence electrons. The first kappa shape index (κ1) is 18.1. The molecule has 0 saturated carbocycles. The Kier molecular flexibility index (Phi) is 5.65. The monoisotopic (exact) mass is 352 g/mol. The van der Waals surface area contributed by atoms with Gasteiger partial charge in [-0.1, -0.05) is 30.3 Å². The van der Waals surface area contributed by atoms with Gasteiger partial charge in [-0.15, -0.1) is 0 Å². The van der Waals surface area contributed by atoms with E-state index in [2.05, 4.69) is 10.6 Å². The molecule has 2 aromatic carbocycles. The van der Waals surface area contributed by atoms with Gasteiger partial charge in [-0.25, -0.2) is 4.98 Å². The van der Waals surface area contributed by atoms with Gasteiger partial charge in [-0.2, -0.15) is 0 Å². The van der Waals surface area contributed by atoms with Crippen LogP contribution in [-0.2, 0) is 0 Å². The van der Waals surface area contributed by atoms with Gasteiger partial charge in [0.1, 0.15) is 0 Å². The number of rotatable bonds is 7. The van der Waals surface area contributed by atoms with E-state index in [1.54, 1.807) is 6.07 Å². The van der Waals surface area contributed by atoms with Crippen LogP contribution in [-0.4, -0.2) is 61.2 Å². The molecule has 0 aliphatic heterocycles. The minimum absolute atomic E-state index is 0.0306. The van der Waals surface area contributed by atoms with Crippen molar-refractivity contribution in [2.75, 3.05) is 45.7 Å². The number of nitrogens with zero attached hydrogens (tertiary/aromatic N) is 2. The Balaban J connectivity index is 2.08. The molecule has 26 heavy (non-hydrogen) atoms. The number of hydrogen-bond acceptors (Lipinski definition) is 5. The highest BCUT2D eigenvalue weighted by Gasteiger charge is 2.15. The predicted octanol–water partition coefficient (Wildman–Crippen LogP) is 2.08. The van der Waals surface area contributed by atoms with E-state index in [4.69, 9.17) is 4.98 Å². The fourth-order valence-corrected chi connectivity index (χ4v) is 2.96. The van der Waals surface area contributed by atoms with E-state index in [0.717, 1.165) is 28.5 Å². The molecule has 3 rings (SSSR count). The third kappa shape index (κ3) is 3.76. The lowest BCUT2D eigenvalue weighted by Crippen LogP contribution is -2.31. The Labute approximate surface area is 152 Å². The molecule has 0 atom stereocenters. The van der Waals surface area contributed by atoms with Crippen LogP contribution in [0.5, 0.6) is 0 Å². The van der Waals surface area contributed by atoms with Gasteiger partial charge >= 0.3 is 0 Å². The number of aromatic nitrogens is 1. The number of pyridine rings is 1. The highest BCUT2D eigenvalue weighted by Crippen LogP contribution is 2.32. The first-order valence-electron chi connectivity index (χ1n) is 8.71. The van der Waals surface area contributed by atoms with Crippen molar-refractivity contribution in [1.82, 2.24) is 15.2 Å². The first-order valence-corrected chi connectivity index (χ1v) is 8.71. The Bertz CT molecular complexity index is 924. The van der Waals surface area contributed by atoms with Crippen molar-refractivity contribution >= 4 is 33.4 Å². The standard InChI is InChI=1S/C20H24N4O2/c1-24(2)12-10-22-20(26)16-8-5-7-15-18(21-11-13-25)14-6-3-4-9-17(14)23-19(15)16/h3-9,25H,10-13H2,1-2H3,(H,21,23)(H,22,26). The van der Waals surface area contributed by atoms with Crippen molar-refractivity contribution in [3.8, 4) is 0 Å². The van der Waals surface area contributed by atoms with Gasteiger partial charge in [0.2, 0.25) is 0 Å². The van der Waals surface area contributed by atoms with Gasteiger partial charge in [0.05, 0.1) is 28.9 Å². The molecule has 0 aliphatic rings. The fraction of sp³-hybridized carbons (Fsp3) is 0.300. The van der Waals surface area contributed by atoms with E-state index < -0.39 is 0 Å². The molecule has 3 aromatic rings. The molecular formula is C20H24N4O2. The summed E-state index contributed by atoms with van der Waals surface area (Å²) >= 11 is 0. The minimum Gasteiger partial charge on any atom is -0.395 e. The molecule has 1 heterocycles. The van der Waals surface area contributed by atoms with Crippen LogP contribution in [0.15, 0.2) is 42.5 Å². The highest BCUT2D eigenvalue weighted by molar-refractivity contribution is 6.14. The summed E-state index contributed by atoms with van der Waals surface area (Å²) in [5, 5.41) is 17.3. The van der Waals surface area contributed by atoms with Crippen LogP contribution >= 0.6 is 0 Å². The van der Waals surface area contributed by atoms with Crippen molar-refractivity contribution in [2.24, 2.45) is 0 Å². The zero-order chi connectivity index (χ0) is 18.5. The summed E-state index contributed by atoms with van der Waals surface area (Å²) in [5.41, 5.74) is 2.92. The molecule has 0 spiro atoms. The summed E-state index contributed by atoms with van der Waals surface area (Å²) in [4.78, 5) is 19.4. The maximum Gasteiger partial charge on any atom is 0.253 e. The summed E-state index contributed by atoms with van der Waals surface area (Å²) in [5.74, 6) is -0.131. The number of amides is 1. The van der Waals surface area contributed by atoms with E-state index in [9.17, 15) is 9.90 Å². The maximum absolute atomic E-state index is 12.7. The Morgan fingerprint density at radius 2 is 1.85 bits per heavy atom. The number of hydrogen-bond donors (Lipinski definition) is 3. The topological polar surface area (TPSA) is 77.5 Å². The molecule has 6 heteroatoms. The Hall–Kier alpha value is -2.70. The van der Waals surface area contributed by atoms with Gasteiger partial charge in [0.15, 0.2) is 0 Å². The summed E-state index contributed by atoms with van der Waals surface area (Å²) in [6.45, 7) is 1.81. The lowest BCUT2D eigenvalue weighted by atomic mass is 10.0. The number of likely N-dealkylation sites (N-methyl/N-ethyl adjacent to an activating group) is 1. The molecule has 0 radical (unpaired) electrons. The van der Waals surface area contributed by atoms with Crippen molar-refractivity contribution in [1.29, 1.82) is 0 Å². The molecule has 3 N–H and O–H groups in total. The number of anilines is 1.